The minimum absolute atomic E-state index is 0.0845. The van der Waals surface area contributed by atoms with Crippen LogP contribution in [-0.4, -0.2) is 135 Å². The Hall–Kier alpha value is -2.16. The molecule has 12 nitrogen and oxygen atoms in total. The molecular weight excluding hydrogens is 755 g/mol. The van der Waals surface area contributed by atoms with Crippen molar-refractivity contribution in [2.75, 3.05) is 48.6 Å². The first-order valence-electron chi connectivity index (χ1n) is 22.8. The summed E-state index contributed by atoms with van der Waals surface area (Å²) in [5.41, 5.74) is -4.82. The van der Waals surface area contributed by atoms with E-state index < -0.39 is 88.3 Å². The zero-order chi connectivity index (χ0) is 42.2. The fraction of sp³-hybridized carbons (Fsp3) is 0.830. The van der Waals surface area contributed by atoms with E-state index in [2.05, 4.69) is 11.8 Å². The van der Waals surface area contributed by atoms with Crippen molar-refractivity contribution in [3.8, 4) is 0 Å². The number of fused-ring (bicyclic) bond motifs is 2. The van der Waals surface area contributed by atoms with Crippen LogP contribution >= 0.6 is 0 Å². The average Bonchev–Trinajstić information content (AvgIpc) is 3.62. The average molecular weight is 828 g/mol. The van der Waals surface area contributed by atoms with Gasteiger partial charge in [-0.15, -0.1) is 0 Å². The zero-order valence-corrected chi connectivity index (χ0v) is 36.5. The van der Waals surface area contributed by atoms with Gasteiger partial charge in [0.15, 0.2) is 5.60 Å². The van der Waals surface area contributed by atoms with E-state index in [4.69, 9.17) is 28.4 Å². The number of rotatable bonds is 22. The van der Waals surface area contributed by atoms with Crippen LogP contribution in [0.2, 0.25) is 0 Å². The van der Waals surface area contributed by atoms with E-state index in [9.17, 15) is 24.9 Å². The molecule has 1 aromatic carbocycles. The SMILES string of the molecule is CCCCCCCCCCCCCCCC(=O)O[C@]12C3C(OC(=O)c4ccccc4)C(O)(CC3[C@@]34C5[C@@H]1[C@H](OC)C3[C@](COC)(CN5C)[C@H](O)C[C@@H]4OC)[C@@H](OC)[C@@H]2O. The van der Waals surface area contributed by atoms with Crippen molar-refractivity contribution in [2.45, 2.75) is 164 Å². The molecule has 1 aromatic rings. The van der Waals surface area contributed by atoms with Crippen LogP contribution in [0.3, 0.4) is 0 Å². The molecule has 7 rings (SSSR count). The lowest BCUT2D eigenvalue weighted by Gasteiger charge is -2.70. The van der Waals surface area contributed by atoms with E-state index in [1.54, 1.807) is 45.6 Å². The first-order valence-corrected chi connectivity index (χ1v) is 22.8. The molecule has 7 bridgehead atoms. The third kappa shape index (κ3) is 7.02. The van der Waals surface area contributed by atoms with Crippen molar-refractivity contribution in [1.82, 2.24) is 4.90 Å². The summed E-state index contributed by atoms with van der Waals surface area (Å²) in [6.07, 6.45) is 9.99. The maximum atomic E-state index is 14.5. The van der Waals surface area contributed by atoms with Gasteiger partial charge < -0.3 is 48.6 Å². The molecule has 5 aliphatic carbocycles. The first kappa shape index (κ1) is 44.9. The molecule has 0 radical (unpaired) electrons. The van der Waals surface area contributed by atoms with E-state index in [1.165, 1.54) is 64.9 Å². The summed E-state index contributed by atoms with van der Waals surface area (Å²) in [5, 5.41) is 38.1. The highest BCUT2D eigenvalue weighted by atomic mass is 16.6. The molecular formula is C47H73NO11. The number of hydrogen-bond donors (Lipinski definition) is 3. The third-order valence-electron chi connectivity index (χ3n) is 16.3. The number of piperidine rings is 1. The predicted octanol–water partition coefficient (Wildman–Crippen LogP) is 5.72. The Kier molecular flexibility index (Phi) is 13.9. The molecule has 1 spiro atoms. The second-order valence-corrected chi connectivity index (χ2v) is 19.1. The molecule has 6 fully saturated rings. The second-order valence-electron chi connectivity index (χ2n) is 19.1. The number of carbonyl (C=O) groups excluding carboxylic acids is 2. The summed E-state index contributed by atoms with van der Waals surface area (Å²) < 4.78 is 38.5. The van der Waals surface area contributed by atoms with E-state index in [1.807, 2.05) is 13.1 Å². The van der Waals surface area contributed by atoms with Gasteiger partial charge in [-0.05, 0) is 37.9 Å². The van der Waals surface area contributed by atoms with Crippen molar-refractivity contribution >= 4 is 11.9 Å². The molecule has 1 aliphatic heterocycles. The molecule has 332 valence electrons. The molecule has 3 N–H and O–H groups in total. The van der Waals surface area contributed by atoms with Crippen molar-refractivity contribution < 1.29 is 53.3 Å². The molecule has 5 saturated carbocycles. The molecule has 6 unspecified atom stereocenters. The maximum absolute atomic E-state index is 14.5. The maximum Gasteiger partial charge on any atom is 0.338 e. The normalized spacial score (nSPS) is 41.5. The summed E-state index contributed by atoms with van der Waals surface area (Å²) >= 11 is 0. The Balaban J connectivity index is 1.21. The van der Waals surface area contributed by atoms with Crippen LogP contribution < -0.4 is 0 Å². The molecule has 12 heteroatoms. The molecule has 6 aliphatic rings. The fourth-order valence-electron chi connectivity index (χ4n) is 14.5. The van der Waals surface area contributed by atoms with Gasteiger partial charge in [-0.1, -0.05) is 102 Å². The van der Waals surface area contributed by atoms with Crippen LogP contribution in [0.1, 0.15) is 120 Å². The van der Waals surface area contributed by atoms with Crippen molar-refractivity contribution in [1.29, 1.82) is 0 Å². The molecule has 1 heterocycles. The topological polar surface area (TPSA) is 153 Å². The van der Waals surface area contributed by atoms with Gasteiger partial charge in [0.25, 0.3) is 0 Å². The highest BCUT2D eigenvalue weighted by molar-refractivity contribution is 5.89. The van der Waals surface area contributed by atoms with Crippen molar-refractivity contribution in [3.05, 3.63) is 35.9 Å². The minimum atomic E-state index is -1.84. The Morgan fingerprint density at radius 1 is 0.814 bits per heavy atom. The number of nitrogens with zero attached hydrogens (tertiary/aromatic N) is 1. The van der Waals surface area contributed by atoms with Gasteiger partial charge in [-0.25, -0.2) is 4.79 Å². The molecule has 1 saturated heterocycles. The van der Waals surface area contributed by atoms with E-state index in [0.29, 0.717) is 24.9 Å². The fourth-order valence-corrected chi connectivity index (χ4v) is 14.5. The minimum Gasteiger partial charge on any atom is -0.455 e. The van der Waals surface area contributed by atoms with Gasteiger partial charge in [-0.2, -0.15) is 0 Å². The van der Waals surface area contributed by atoms with E-state index >= 15 is 0 Å². The quantitative estimate of drug-likeness (QED) is 0.0969. The standard InChI is InChI=1S/C47H73NO11/c1-7-8-9-10-11-12-13-14-15-16-17-18-22-25-34(50)59-47-35-31(27-45(53,42(57-6)40(47)51)41(35)58-43(52)30-23-20-19-21-24-30)46-33(55-4)26-32(49)44(29-54-3)28-48(2)39(46)36(47)37(56-5)38(44)46/h19-21,23-24,31-33,35-42,49,51,53H,7-18,22,25-29H2,1-6H3/t31?,32-,33+,35?,36+,37+,38?,39?,40+,41?,42+,44+,45?,46+,47-/m1/s1. The molecule has 0 aromatic heterocycles. The Bertz CT molecular complexity index is 1580. The number of likely N-dealkylation sites (tertiary alicyclic amines) is 1. The highest BCUT2D eigenvalue weighted by Crippen LogP contribution is 2.80. The Morgan fingerprint density at radius 3 is 2.02 bits per heavy atom. The summed E-state index contributed by atoms with van der Waals surface area (Å²) in [4.78, 5) is 30.8. The summed E-state index contributed by atoms with van der Waals surface area (Å²) in [7, 11) is 8.39. The van der Waals surface area contributed by atoms with Crippen LogP contribution in [0.4, 0.5) is 0 Å². The number of aliphatic hydroxyl groups excluding tert-OH is 2. The summed E-state index contributed by atoms with van der Waals surface area (Å²) in [6, 6.07) is 8.29. The van der Waals surface area contributed by atoms with Gasteiger partial charge >= 0.3 is 11.9 Å². The predicted molar refractivity (Wildman–Crippen MR) is 220 cm³/mol. The van der Waals surface area contributed by atoms with Crippen LogP contribution in [0.25, 0.3) is 0 Å². The lowest BCUT2D eigenvalue weighted by molar-refractivity contribution is -0.321. The van der Waals surface area contributed by atoms with Crippen LogP contribution in [0, 0.1) is 34.5 Å². The number of hydrogen-bond acceptors (Lipinski definition) is 12. The number of unbranched alkanes of at least 4 members (excludes halogenated alkanes) is 12. The first-order chi connectivity index (χ1) is 28.5. The second kappa shape index (κ2) is 18.3. The van der Waals surface area contributed by atoms with Crippen LogP contribution in [0.15, 0.2) is 30.3 Å². The van der Waals surface area contributed by atoms with Gasteiger partial charge in [-0.3, -0.25) is 4.79 Å². The summed E-state index contributed by atoms with van der Waals surface area (Å²) in [5.74, 6) is -3.48. The number of methoxy groups -OCH3 is 4. The Labute approximate surface area is 352 Å². The number of aliphatic hydroxyl groups is 3. The number of benzene rings is 1. The highest BCUT2D eigenvalue weighted by Gasteiger charge is 2.92. The van der Waals surface area contributed by atoms with Gasteiger partial charge in [0.05, 0.1) is 30.5 Å². The van der Waals surface area contributed by atoms with Gasteiger partial charge in [0, 0.05) is 82.5 Å². The molecule has 15 atom stereocenters. The lowest BCUT2D eigenvalue weighted by atomic mass is 9.42. The zero-order valence-electron chi connectivity index (χ0n) is 36.5. The number of ether oxygens (including phenoxy) is 6. The van der Waals surface area contributed by atoms with E-state index in [0.717, 1.165) is 19.3 Å². The largest absolute Gasteiger partial charge is 0.455 e. The number of carbonyl (C=O) groups is 2. The third-order valence-corrected chi connectivity index (χ3v) is 16.3. The smallest absolute Gasteiger partial charge is 0.338 e. The van der Waals surface area contributed by atoms with Gasteiger partial charge in [0.1, 0.15) is 23.9 Å². The monoisotopic (exact) mass is 828 g/mol. The van der Waals surface area contributed by atoms with Crippen molar-refractivity contribution in [2.24, 2.45) is 34.5 Å². The summed E-state index contributed by atoms with van der Waals surface area (Å²) in [6.45, 7) is 2.97. The molecule has 0 amide bonds. The van der Waals surface area contributed by atoms with Crippen molar-refractivity contribution in [3.63, 3.8) is 0 Å². The van der Waals surface area contributed by atoms with Crippen LogP contribution in [-0.2, 0) is 33.2 Å². The van der Waals surface area contributed by atoms with Crippen LogP contribution in [0.5, 0.6) is 0 Å². The lowest BCUT2D eigenvalue weighted by Crippen LogP contribution is -2.81. The number of esters is 2. The molecule has 59 heavy (non-hydrogen) atoms. The Morgan fingerprint density at radius 2 is 1.44 bits per heavy atom. The van der Waals surface area contributed by atoms with E-state index in [-0.39, 0.29) is 31.4 Å². The van der Waals surface area contributed by atoms with Gasteiger partial charge in [0.2, 0.25) is 0 Å².